The molecule has 11 heavy (non-hydrogen) atoms. The topological polar surface area (TPSA) is 15.3 Å². The van der Waals surface area contributed by atoms with Crippen LogP contribution in [0.3, 0.4) is 0 Å². The second-order valence-corrected chi connectivity index (χ2v) is 3.00. The normalized spacial score (nSPS) is 21.3. The molecule has 1 rings (SSSR count). The summed E-state index contributed by atoms with van der Waals surface area (Å²) in [6.45, 7) is 6.01. The summed E-state index contributed by atoms with van der Waals surface area (Å²) in [5, 5.41) is 3.32. The van der Waals surface area contributed by atoms with Gasteiger partial charge in [-0.2, -0.15) is 0 Å². The predicted molar refractivity (Wildman–Crippen MR) is 51.4 cm³/mol. The van der Waals surface area contributed by atoms with E-state index in [9.17, 15) is 0 Å². The Hall–Kier alpha value is 0.210. The second-order valence-electron chi connectivity index (χ2n) is 3.00. The van der Waals surface area contributed by atoms with Crippen LogP contribution < -0.4 is 5.32 Å². The Kier molecular flexibility index (Phi) is 5.92. The monoisotopic (exact) mass is 178 g/mol. The number of piperidine rings is 1. The molecule has 1 aliphatic rings. The highest BCUT2D eigenvalue weighted by Crippen LogP contribution is 2.08. The highest BCUT2D eigenvalue weighted by Gasteiger charge is 2.15. The number of nitrogens with one attached hydrogen (secondary N) is 1. The minimum atomic E-state index is 0. The Morgan fingerprint density at radius 1 is 1.36 bits per heavy atom. The first-order valence-corrected chi connectivity index (χ1v) is 4.26. The molecular weight excluding hydrogens is 160 g/mol. The van der Waals surface area contributed by atoms with E-state index in [0.29, 0.717) is 0 Å². The predicted octanol–water partition coefficient (Wildman–Crippen LogP) is 1.11. The summed E-state index contributed by atoms with van der Waals surface area (Å²) in [6, 6.07) is 0.780. The van der Waals surface area contributed by atoms with Crippen LogP contribution in [-0.4, -0.2) is 37.6 Å². The summed E-state index contributed by atoms with van der Waals surface area (Å²) < 4.78 is 0. The molecule has 1 heterocycles. The van der Waals surface area contributed by atoms with E-state index in [2.05, 4.69) is 24.2 Å². The summed E-state index contributed by atoms with van der Waals surface area (Å²) >= 11 is 0. The maximum atomic E-state index is 3.32. The summed E-state index contributed by atoms with van der Waals surface area (Å²) in [4.78, 5) is 2.51. The molecule has 1 saturated heterocycles. The SMILES string of the molecule is CCN1CCC(NC)CC1.Cl. The van der Waals surface area contributed by atoms with Crippen molar-refractivity contribution < 1.29 is 0 Å². The summed E-state index contributed by atoms with van der Waals surface area (Å²) in [6.07, 6.45) is 2.65. The molecule has 1 aliphatic heterocycles. The third-order valence-electron chi connectivity index (χ3n) is 2.44. The number of hydrogen-bond donors (Lipinski definition) is 1. The minimum absolute atomic E-state index is 0. The van der Waals surface area contributed by atoms with Crippen molar-refractivity contribution in [2.75, 3.05) is 26.7 Å². The first kappa shape index (κ1) is 11.2. The number of hydrogen-bond acceptors (Lipinski definition) is 2. The molecule has 2 nitrogen and oxygen atoms in total. The van der Waals surface area contributed by atoms with Gasteiger partial charge in [0.2, 0.25) is 0 Å². The quantitative estimate of drug-likeness (QED) is 0.682. The van der Waals surface area contributed by atoms with Crippen molar-refractivity contribution in [3.63, 3.8) is 0 Å². The van der Waals surface area contributed by atoms with Crippen LogP contribution in [0.25, 0.3) is 0 Å². The van der Waals surface area contributed by atoms with Crippen LogP contribution >= 0.6 is 12.4 Å². The van der Waals surface area contributed by atoms with Gasteiger partial charge in [-0.05, 0) is 39.5 Å². The molecule has 3 heteroatoms. The molecule has 1 fully saturated rings. The van der Waals surface area contributed by atoms with Crippen LogP contribution in [0, 0.1) is 0 Å². The summed E-state index contributed by atoms with van der Waals surface area (Å²) in [5.41, 5.74) is 0. The average Bonchev–Trinajstić information content (AvgIpc) is 2.05. The third-order valence-corrected chi connectivity index (χ3v) is 2.44. The van der Waals surface area contributed by atoms with Crippen molar-refractivity contribution in [2.45, 2.75) is 25.8 Å². The maximum absolute atomic E-state index is 3.32. The molecule has 0 aliphatic carbocycles. The van der Waals surface area contributed by atoms with Crippen molar-refractivity contribution in [3.05, 3.63) is 0 Å². The van der Waals surface area contributed by atoms with E-state index in [1.807, 2.05) is 0 Å². The standard InChI is InChI=1S/C8H18N2.ClH/c1-3-10-6-4-8(9-2)5-7-10;/h8-9H,3-7H2,1-2H3;1H. The Morgan fingerprint density at radius 3 is 2.27 bits per heavy atom. The lowest BCUT2D eigenvalue weighted by Crippen LogP contribution is -2.40. The molecule has 0 bridgehead atoms. The molecule has 0 aromatic rings. The van der Waals surface area contributed by atoms with Crippen LogP contribution in [-0.2, 0) is 0 Å². The fraction of sp³-hybridized carbons (Fsp3) is 1.00. The van der Waals surface area contributed by atoms with E-state index in [1.54, 1.807) is 0 Å². The molecule has 0 spiro atoms. The summed E-state index contributed by atoms with van der Waals surface area (Å²) in [5.74, 6) is 0. The fourth-order valence-corrected chi connectivity index (χ4v) is 1.54. The lowest BCUT2D eigenvalue weighted by atomic mass is 10.1. The molecule has 0 unspecified atom stereocenters. The molecule has 0 radical (unpaired) electrons. The lowest BCUT2D eigenvalue weighted by molar-refractivity contribution is 0.211. The zero-order valence-electron chi connectivity index (χ0n) is 7.47. The first-order chi connectivity index (χ1) is 4.86. The number of halogens is 1. The van der Waals surface area contributed by atoms with Crippen molar-refractivity contribution in [3.8, 4) is 0 Å². The highest BCUT2D eigenvalue weighted by molar-refractivity contribution is 5.85. The average molecular weight is 179 g/mol. The molecular formula is C8H19ClN2. The first-order valence-electron chi connectivity index (χ1n) is 4.26. The van der Waals surface area contributed by atoms with Gasteiger partial charge in [0.15, 0.2) is 0 Å². The van der Waals surface area contributed by atoms with Gasteiger partial charge in [-0.15, -0.1) is 12.4 Å². The molecule has 68 valence electrons. The molecule has 0 aromatic carbocycles. The lowest BCUT2D eigenvalue weighted by Gasteiger charge is -2.30. The Morgan fingerprint density at radius 2 is 1.91 bits per heavy atom. The van der Waals surface area contributed by atoms with Crippen LogP contribution in [0.2, 0.25) is 0 Å². The van der Waals surface area contributed by atoms with E-state index in [-0.39, 0.29) is 12.4 Å². The molecule has 1 N–H and O–H groups in total. The largest absolute Gasteiger partial charge is 0.317 e. The smallest absolute Gasteiger partial charge is 0.00884 e. The van der Waals surface area contributed by atoms with Crippen LogP contribution in [0.1, 0.15) is 19.8 Å². The molecule has 0 saturated carbocycles. The van der Waals surface area contributed by atoms with Gasteiger partial charge in [-0.25, -0.2) is 0 Å². The molecule has 0 amide bonds. The van der Waals surface area contributed by atoms with Gasteiger partial charge in [0.05, 0.1) is 0 Å². The van der Waals surface area contributed by atoms with Gasteiger partial charge in [0.25, 0.3) is 0 Å². The Bertz CT molecular complexity index is 78.1. The van der Waals surface area contributed by atoms with Crippen LogP contribution in [0.5, 0.6) is 0 Å². The number of nitrogens with zero attached hydrogens (tertiary/aromatic N) is 1. The zero-order valence-corrected chi connectivity index (χ0v) is 8.28. The fourth-order valence-electron chi connectivity index (χ4n) is 1.54. The Labute approximate surface area is 75.8 Å². The van der Waals surface area contributed by atoms with E-state index >= 15 is 0 Å². The van der Waals surface area contributed by atoms with Gasteiger partial charge in [-0.3, -0.25) is 0 Å². The molecule has 0 aromatic heterocycles. The van der Waals surface area contributed by atoms with Gasteiger partial charge in [0.1, 0.15) is 0 Å². The van der Waals surface area contributed by atoms with Gasteiger partial charge in [0, 0.05) is 6.04 Å². The van der Waals surface area contributed by atoms with E-state index < -0.39 is 0 Å². The van der Waals surface area contributed by atoms with Crippen molar-refractivity contribution in [1.82, 2.24) is 10.2 Å². The van der Waals surface area contributed by atoms with Gasteiger partial charge < -0.3 is 10.2 Å². The number of likely N-dealkylation sites (tertiary alicyclic amines) is 1. The Balaban J connectivity index is 0.000001000. The van der Waals surface area contributed by atoms with Crippen molar-refractivity contribution >= 4 is 12.4 Å². The third kappa shape index (κ3) is 3.41. The summed E-state index contributed by atoms with van der Waals surface area (Å²) in [7, 11) is 2.06. The number of rotatable bonds is 2. The van der Waals surface area contributed by atoms with Crippen LogP contribution in [0.4, 0.5) is 0 Å². The highest BCUT2D eigenvalue weighted by atomic mass is 35.5. The van der Waals surface area contributed by atoms with E-state index in [0.717, 1.165) is 6.04 Å². The van der Waals surface area contributed by atoms with Gasteiger partial charge >= 0.3 is 0 Å². The van der Waals surface area contributed by atoms with Crippen molar-refractivity contribution in [2.24, 2.45) is 0 Å². The van der Waals surface area contributed by atoms with E-state index in [1.165, 1.54) is 32.5 Å². The maximum Gasteiger partial charge on any atom is 0.00884 e. The zero-order chi connectivity index (χ0) is 7.40. The minimum Gasteiger partial charge on any atom is -0.317 e. The molecule has 0 atom stereocenters. The van der Waals surface area contributed by atoms with Crippen molar-refractivity contribution in [1.29, 1.82) is 0 Å². The second kappa shape index (κ2) is 5.81. The van der Waals surface area contributed by atoms with Gasteiger partial charge in [-0.1, -0.05) is 6.92 Å². The van der Waals surface area contributed by atoms with E-state index in [4.69, 9.17) is 0 Å². The van der Waals surface area contributed by atoms with Crippen LogP contribution in [0.15, 0.2) is 0 Å².